The number of hydrogen-bond acceptors (Lipinski definition) is 5. The first-order valence-corrected chi connectivity index (χ1v) is 8.32. The number of fused-ring (bicyclic) bond motifs is 1. The first-order valence-electron chi connectivity index (χ1n) is 8.32. The van der Waals surface area contributed by atoms with E-state index in [0.29, 0.717) is 12.5 Å². The lowest BCUT2D eigenvalue weighted by atomic mass is 10.1. The molecule has 0 bridgehead atoms. The molecule has 2 heterocycles. The van der Waals surface area contributed by atoms with Crippen molar-refractivity contribution in [2.45, 2.75) is 33.1 Å². The minimum atomic E-state index is -0.209. The summed E-state index contributed by atoms with van der Waals surface area (Å²) < 4.78 is 0. The van der Waals surface area contributed by atoms with Crippen LogP contribution in [0.3, 0.4) is 0 Å². The van der Waals surface area contributed by atoms with E-state index < -0.39 is 0 Å². The predicted molar refractivity (Wildman–Crippen MR) is 93.4 cm³/mol. The number of nitriles is 1. The van der Waals surface area contributed by atoms with Crippen LogP contribution in [-0.4, -0.2) is 40.5 Å². The maximum Gasteiger partial charge on any atom is 0.234 e. The Morgan fingerprint density at radius 1 is 1.46 bits per heavy atom. The molecule has 2 N–H and O–H groups in total. The van der Waals surface area contributed by atoms with Gasteiger partial charge in [0.25, 0.3) is 0 Å². The standard InChI is InChI=1S/C17H24N6O/c1-3-9-23(10-6-13(2)11-20-15(24)4-7-18)17-14-5-8-19-16(14)21-12-22-17/h5,8,12-13H,3-4,6,9-11H2,1-2H3,(H,20,24)(H,19,21,22)/t13-/m0/s1. The van der Waals surface area contributed by atoms with Gasteiger partial charge in [0.2, 0.25) is 5.91 Å². The largest absolute Gasteiger partial charge is 0.356 e. The van der Waals surface area contributed by atoms with Crippen molar-refractivity contribution in [3.8, 4) is 6.07 Å². The molecule has 2 aromatic heterocycles. The molecule has 0 fully saturated rings. The summed E-state index contributed by atoms with van der Waals surface area (Å²) in [6, 6.07) is 3.86. The molecule has 0 aliphatic rings. The Balaban J connectivity index is 1.95. The molecule has 0 saturated carbocycles. The number of aromatic amines is 1. The summed E-state index contributed by atoms with van der Waals surface area (Å²) in [7, 11) is 0. The number of hydrogen-bond donors (Lipinski definition) is 2. The molecule has 0 spiro atoms. The van der Waals surface area contributed by atoms with Crippen LogP contribution in [0.25, 0.3) is 11.0 Å². The molecule has 0 saturated heterocycles. The fraction of sp³-hybridized carbons (Fsp3) is 0.529. The van der Waals surface area contributed by atoms with Crippen LogP contribution in [-0.2, 0) is 4.79 Å². The molecule has 1 atom stereocenters. The van der Waals surface area contributed by atoms with Crippen LogP contribution in [0.15, 0.2) is 18.6 Å². The third kappa shape index (κ3) is 4.69. The lowest BCUT2D eigenvalue weighted by Crippen LogP contribution is -2.32. The summed E-state index contributed by atoms with van der Waals surface area (Å²) in [4.78, 5) is 25.4. The number of amides is 1. The van der Waals surface area contributed by atoms with Gasteiger partial charge in [0, 0.05) is 25.8 Å². The second kappa shape index (κ2) is 8.87. The van der Waals surface area contributed by atoms with Crippen molar-refractivity contribution in [2.24, 2.45) is 5.92 Å². The number of carbonyl (C=O) groups is 1. The summed E-state index contributed by atoms with van der Waals surface area (Å²) in [5.74, 6) is 1.07. The average molecular weight is 328 g/mol. The molecule has 1 amide bonds. The second-order valence-electron chi connectivity index (χ2n) is 5.96. The summed E-state index contributed by atoms with van der Waals surface area (Å²) in [5.41, 5.74) is 0.845. The Bertz CT molecular complexity index is 704. The fourth-order valence-electron chi connectivity index (χ4n) is 2.60. The quantitative estimate of drug-likeness (QED) is 0.735. The number of anilines is 1. The molecular weight excluding hydrogens is 304 g/mol. The van der Waals surface area contributed by atoms with E-state index in [-0.39, 0.29) is 12.3 Å². The van der Waals surface area contributed by atoms with E-state index in [1.807, 2.05) is 18.3 Å². The van der Waals surface area contributed by atoms with Gasteiger partial charge in [-0.3, -0.25) is 4.79 Å². The van der Waals surface area contributed by atoms with E-state index in [1.165, 1.54) is 0 Å². The molecule has 0 aliphatic heterocycles. The van der Waals surface area contributed by atoms with Gasteiger partial charge in [0.15, 0.2) is 0 Å². The number of nitrogens with zero attached hydrogens (tertiary/aromatic N) is 4. The Morgan fingerprint density at radius 2 is 2.29 bits per heavy atom. The van der Waals surface area contributed by atoms with E-state index in [4.69, 9.17) is 5.26 Å². The third-order valence-corrected chi connectivity index (χ3v) is 3.91. The smallest absolute Gasteiger partial charge is 0.234 e. The van der Waals surface area contributed by atoms with Crippen molar-refractivity contribution in [2.75, 3.05) is 24.5 Å². The number of rotatable bonds is 9. The third-order valence-electron chi connectivity index (χ3n) is 3.91. The molecular formula is C17H24N6O. The zero-order valence-corrected chi connectivity index (χ0v) is 14.2. The highest BCUT2D eigenvalue weighted by Gasteiger charge is 2.14. The topological polar surface area (TPSA) is 97.7 Å². The minimum absolute atomic E-state index is 0.0823. The van der Waals surface area contributed by atoms with E-state index in [9.17, 15) is 4.79 Å². The number of nitrogens with one attached hydrogen (secondary N) is 2. The summed E-state index contributed by atoms with van der Waals surface area (Å²) in [6.45, 7) is 6.62. The fourth-order valence-corrected chi connectivity index (χ4v) is 2.60. The zero-order chi connectivity index (χ0) is 17.4. The van der Waals surface area contributed by atoms with Crippen molar-refractivity contribution in [3.05, 3.63) is 18.6 Å². The van der Waals surface area contributed by atoms with Crippen LogP contribution in [0.5, 0.6) is 0 Å². The molecule has 7 nitrogen and oxygen atoms in total. The maximum atomic E-state index is 11.4. The van der Waals surface area contributed by atoms with Crippen molar-refractivity contribution in [1.29, 1.82) is 5.26 Å². The van der Waals surface area contributed by atoms with Gasteiger partial charge < -0.3 is 15.2 Å². The van der Waals surface area contributed by atoms with Crippen molar-refractivity contribution < 1.29 is 4.79 Å². The number of H-pyrrole nitrogens is 1. The van der Waals surface area contributed by atoms with Gasteiger partial charge >= 0.3 is 0 Å². The van der Waals surface area contributed by atoms with Gasteiger partial charge in [0.05, 0.1) is 11.5 Å². The molecule has 128 valence electrons. The lowest BCUT2D eigenvalue weighted by Gasteiger charge is -2.25. The summed E-state index contributed by atoms with van der Waals surface area (Å²) in [5, 5.41) is 12.3. The molecule has 2 rings (SSSR count). The van der Waals surface area contributed by atoms with Crippen molar-refractivity contribution in [1.82, 2.24) is 20.3 Å². The molecule has 24 heavy (non-hydrogen) atoms. The van der Waals surface area contributed by atoms with E-state index >= 15 is 0 Å². The predicted octanol–water partition coefficient (Wildman–Crippen LogP) is 2.23. The monoisotopic (exact) mass is 328 g/mol. The Morgan fingerprint density at radius 3 is 3.04 bits per heavy atom. The van der Waals surface area contributed by atoms with Crippen LogP contribution in [0.1, 0.15) is 33.1 Å². The Labute approximate surface area is 142 Å². The number of aromatic nitrogens is 3. The molecule has 0 aliphatic carbocycles. The van der Waals surface area contributed by atoms with E-state index in [0.717, 1.165) is 42.8 Å². The Kier molecular flexibility index (Phi) is 6.55. The second-order valence-corrected chi connectivity index (χ2v) is 5.96. The van der Waals surface area contributed by atoms with Crippen LogP contribution in [0, 0.1) is 17.2 Å². The van der Waals surface area contributed by atoms with Crippen LogP contribution in [0.4, 0.5) is 5.82 Å². The van der Waals surface area contributed by atoms with Gasteiger partial charge in [-0.2, -0.15) is 5.26 Å². The highest BCUT2D eigenvalue weighted by Crippen LogP contribution is 2.22. The van der Waals surface area contributed by atoms with Gasteiger partial charge in [-0.1, -0.05) is 13.8 Å². The van der Waals surface area contributed by atoms with Gasteiger partial charge in [0.1, 0.15) is 24.2 Å². The Hall–Kier alpha value is -2.62. The summed E-state index contributed by atoms with van der Waals surface area (Å²) >= 11 is 0. The van der Waals surface area contributed by atoms with Crippen molar-refractivity contribution >= 4 is 22.8 Å². The number of carbonyl (C=O) groups excluding carboxylic acids is 1. The zero-order valence-electron chi connectivity index (χ0n) is 14.2. The molecule has 7 heteroatoms. The van der Waals surface area contributed by atoms with Gasteiger partial charge in [-0.25, -0.2) is 9.97 Å². The SMILES string of the molecule is CCCN(CC[C@H](C)CNC(=O)CC#N)c1ncnc2[nH]ccc12. The average Bonchev–Trinajstić information content (AvgIpc) is 3.05. The van der Waals surface area contributed by atoms with Crippen LogP contribution in [0.2, 0.25) is 0 Å². The van der Waals surface area contributed by atoms with Crippen molar-refractivity contribution in [3.63, 3.8) is 0 Å². The minimum Gasteiger partial charge on any atom is -0.356 e. The highest BCUT2D eigenvalue weighted by molar-refractivity contribution is 5.87. The van der Waals surface area contributed by atoms with E-state index in [1.54, 1.807) is 6.33 Å². The van der Waals surface area contributed by atoms with Gasteiger partial charge in [-0.15, -0.1) is 0 Å². The molecule has 0 aromatic carbocycles. The summed E-state index contributed by atoms with van der Waals surface area (Å²) in [6.07, 6.45) is 5.34. The van der Waals surface area contributed by atoms with Gasteiger partial charge in [-0.05, 0) is 24.8 Å². The first kappa shape index (κ1) is 17.7. The molecule has 0 radical (unpaired) electrons. The van der Waals surface area contributed by atoms with Crippen LogP contribution >= 0.6 is 0 Å². The van der Waals surface area contributed by atoms with E-state index in [2.05, 4.69) is 39.0 Å². The molecule has 2 aromatic rings. The lowest BCUT2D eigenvalue weighted by molar-refractivity contribution is -0.120. The maximum absolute atomic E-state index is 11.4. The normalized spacial score (nSPS) is 11.9. The first-order chi connectivity index (χ1) is 11.7. The highest BCUT2D eigenvalue weighted by atomic mass is 16.1. The molecule has 0 unspecified atom stereocenters. The van der Waals surface area contributed by atoms with Crippen LogP contribution < -0.4 is 10.2 Å².